The topological polar surface area (TPSA) is 148 Å². The summed E-state index contributed by atoms with van der Waals surface area (Å²) in [6, 6.07) is 7.46. The van der Waals surface area contributed by atoms with Crippen molar-refractivity contribution in [1.82, 2.24) is 19.5 Å². The number of aromatic nitrogens is 1. The number of nitrogens with zero attached hydrogens (tertiary/aromatic N) is 3. The molecular weight excluding hydrogens is 540 g/mol. The quantitative estimate of drug-likeness (QED) is 0.410. The molecule has 0 aliphatic carbocycles. The first kappa shape index (κ1) is 27.6. The molecule has 13 heteroatoms. The maximum absolute atomic E-state index is 13.6. The van der Waals surface area contributed by atoms with Crippen molar-refractivity contribution in [3.05, 3.63) is 54.4 Å². The number of likely N-dealkylation sites (tertiary alicyclic amines) is 1. The van der Waals surface area contributed by atoms with Gasteiger partial charge < -0.3 is 24.1 Å². The number of pyridine rings is 1. The zero-order valence-electron chi connectivity index (χ0n) is 22.1. The summed E-state index contributed by atoms with van der Waals surface area (Å²) in [5.41, 5.74) is 1.01. The van der Waals surface area contributed by atoms with Crippen LogP contribution >= 0.6 is 0 Å². The normalized spacial score (nSPS) is 19.9. The van der Waals surface area contributed by atoms with Crippen molar-refractivity contribution in [3.63, 3.8) is 0 Å². The SMILES string of the molecule is CCCC(NC(=O)Oc1cc2cc(OC)ccc2o1)C(=O)N1CCC2C1C(=O)CN2S(=O)(=O)Cc1cccnc1. The number of fused-ring (bicyclic) bond motifs is 2. The fraction of sp³-hybridized carbons (Fsp3) is 0.407. The predicted molar refractivity (Wildman–Crippen MR) is 143 cm³/mol. The molecule has 12 nitrogen and oxygen atoms in total. The van der Waals surface area contributed by atoms with Crippen molar-refractivity contribution < 1.29 is 36.7 Å². The van der Waals surface area contributed by atoms with Crippen LogP contribution in [0.1, 0.15) is 31.7 Å². The highest BCUT2D eigenvalue weighted by molar-refractivity contribution is 7.88. The molecule has 3 atom stereocenters. The Hall–Kier alpha value is -3.97. The van der Waals surface area contributed by atoms with Gasteiger partial charge in [0.15, 0.2) is 5.78 Å². The standard InChI is InChI=1S/C27H30N4O8S/c1-3-5-20(29-27(34)39-24-13-18-12-19(37-2)7-8-23(18)38-24)26(33)30-11-9-21-25(30)22(32)15-31(21)40(35,36)16-17-6-4-10-28-14-17/h4,6-8,10,12-14,20-21,25H,3,5,9,11,15-16H2,1-2H3,(H,29,34). The minimum atomic E-state index is -3.82. The third-order valence-electron chi connectivity index (χ3n) is 7.15. The highest BCUT2D eigenvalue weighted by Gasteiger charge is 2.54. The molecule has 1 aromatic carbocycles. The van der Waals surface area contributed by atoms with Crippen LogP contribution in [0.3, 0.4) is 0 Å². The van der Waals surface area contributed by atoms with E-state index in [1.165, 1.54) is 28.6 Å². The number of carbonyl (C=O) groups excluding carboxylic acids is 3. The minimum absolute atomic E-state index is 0.0508. The molecular formula is C27H30N4O8S. The van der Waals surface area contributed by atoms with E-state index >= 15 is 0 Å². The van der Waals surface area contributed by atoms with Crippen LogP contribution in [0.15, 0.2) is 53.2 Å². The Kier molecular flexibility index (Phi) is 7.76. The molecule has 2 aliphatic heterocycles. The van der Waals surface area contributed by atoms with Crippen LogP contribution in [0.25, 0.3) is 11.0 Å². The molecule has 0 radical (unpaired) electrons. The van der Waals surface area contributed by atoms with E-state index in [1.807, 2.05) is 6.92 Å². The van der Waals surface area contributed by atoms with E-state index in [2.05, 4.69) is 10.3 Å². The number of ketones is 1. The third-order valence-corrected chi connectivity index (χ3v) is 8.96. The van der Waals surface area contributed by atoms with Crippen LogP contribution in [0, 0.1) is 0 Å². The first-order valence-corrected chi connectivity index (χ1v) is 14.6. The number of amides is 2. The molecule has 4 heterocycles. The van der Waals surface area contributed by atoms with E-state index in [-0.39, 0.29) is 30.6 Å². The van der Waals surface area contributed by atoms with Gasteiger partial charge in [-0.3, -0.25) is 14.6 Å². The van der Waals surface area contributed by atoms with Crippen molar-refractivity contribution in [2.24, 2.45) is 0 Å². The molecule has 2 aliphatic rings. The number of benzene rings is 1. The smallest absolute Gasteiger partial charge is 0.415 e. The van der Waals surface area contributed by atoms with Crippen molar-refractivity contribution in [1.29, 1.82) is 0 Å². The van der Waals surface area contributed by atoms with Crippen LogP contribution < -0.4 is 14.8 Å². The lowest BCUT2D eigenvalue weighted by Gasteiger charge is -2.28. The number of furan rings is 1. The molecule has 2 amide bonds. The second-order valence-electron chi connectivity index (χ2n) is 9.81. The molecule has 3 aromatic rings. The molecule has 212 valence electrons. The van der Waals surface area contributed by atoms with Crippen molar-refractivity contribution in [2.45, 2.75) is 50.1 Å². The summed E-state index contributed by atoms with van der Waals surface area (Å²) in [6.45, 7) is 1.76. The van der Waals surface area contributed by atoms with Crippen LogP contribution in [-0.2, 0) is 25.4 Å². The Bertz CT molecular complexity index is 1520. The summed E-state index contributed by atoms with van der Waals surface area (Å²) in [5, 5.41) is 3.27. The van der Waals surface area contributed by atoms with Gasteiger partial charge in [-0.1, -0.05) is 19.4 Å². The van der Waals surface area contributed by atoms with E-state index in [4.69, 9.17) is 13.9 Å². The first-order valence-electron chi connectivity index (χ1n) is 13.0. The summed E-state index contributed by atoms with van der Waals surface area (Å²) in [4.78, 5) is 44.6. The molecule has 2 fully saturated rings. The molecule has 1 N–H and O–H groups in total. The average Bonchev–Trinajstić information content (AvgIpc) is 3.62. The summed E-state index contributed by atoms with van der Waals surface area (Å²) < 4.78 is 43.6. The van der Waals surface area contributed by atoms with Crippen LogP contribution in [-0.4, -0.2) is 78.7 Å². The van der Waals surface area contributed by atoms with E-state index in [0.29, 0.717) is 41.5 Å². The number of rotatable bonds is 9. The third kappa shape index (κ3) is 5.52. The zero-order chi connectivity index (χ0) is 28.4. The van der Waals surface area contributed by atoms with Gasteiger partial charge in [-0.2, -0.15) is 4.31 Å². The van der Waals surface area contributed by atoms with Gasteiger partial charge in [0, 0.05) is 30.4 Å². The molecule has 2 saturated heterocycles. The van der Waals surface area contributed by atoms with E-state index < -0.39 is 40.1 Å². The molecule has 5 rings (SSSR count). The summed E-state index contributed by atoms with van der Waals surface area (Å²) in [5.74, 6) is -0.524. The largest absolute Gasteiger partial charge is 0.497 e. The van der Waals surface area contributed by atoms with Gasteiger partial charge in [0.2, 0.25) is 15.9 Å². The Balaban J connectivity index is 1.26. The Morgan fingerprint density at radius 3 is 2.80 bits per heavy atom. The van der Waals surface area contributed by atoms with Gasteiger partial charge in [-0.25, -0.2) is 13.2 Å². The number of sulfonamides is 1. The zero-order valence-corrected chi connectivity index (χ0v) is 22.9. The second kappa shape index (κ2) is 11.3. The van der Waals surface area contributed by atoms with Crippen LogP contribution in [0.5, 0.6) is 11.7 Å². The summed E-state index contributed by atoms with van der Waals surface area (Å²) in [6.07, 6.45) is 3.34. The number of hydrogen-bond acceptors (Lipinski definition) is 9. The van der Waals surface area contributed by atoms with Crippen molar-refractivity contribution >= 4 is 38.8 Å². The fourth-order valence-electron chi connectivity index (χ4n) is 5.34. The van der Waals surface area contributed by atoms with Gasteiger partial charge in [-0.15, -0.1) is 0 Å². The van der Waals surface area contributed by atoms with Gasteiger partial charge in [0.25, 0.3) is 5.95 Å². The summed E-state index contributed by atoms with van der Waals surface area (Å²) in [7, 11) is -2.28. The minimum Gasteiger partial charge on any atom is -0.497 e. The lowest BCUT2D eigenvalue weighted by molar-refractivity contribution is -0.138. The second-order valence-corrected chi connectivity index (χ2v) is 11.7. The maximum Gasteiger partial charge on any atom is 0.415 e. The molecule has 3 unspecified atom stereocenters. The lowest BCUT2D eigenvalue weighted by Crippen LogP contribution is -2.53. The van der Waals surface area contributed by atoms with Crippen LogP contribution in [0.4, 0.5) is 4.79 Å². The lowest BCUT2D eigenvalue weighted by atomic mass is 10.1. The average molecular weight is 571 g/mol. The molecule has 40 heavy (non-hydrogen) atoms. The van der Waals surface area contributed by atoms with Gasteiger partial charge >= 0.3 is 6.09 Å². The predicted octanol–water partition coefficient (Wildman–Crippen LogP) is 2.48. The van der Waals surface area contributed by atoms with E-state index in [0.717, 1.165) is 0 Å². The number of ether oxygens (including phenoxy) is 2. The highest BCUT2D eigenvalue weighted by atomic mass is 32.2. The molecule has 0 spiro atoms. The molecule has 0 bridgehead atoms. The number of carbonyl (C=O) groups is 3. The Labute approximate surface area is 231 Å². The van der Waals surface area contributed by atoms with Crippen molar-refractivity contribution in [3.8, 4) is 11.7 Å². The summed E-state index contributed by atoms with van der Waals surface area (Å²) >= 11 is 0. The molecule has 0 saturated carbocycles. The van der Waals surface area contributed by atoms with Crippen LogP contribution in [0.2, 0.25) is 0 Å². The fourth-order valence-corrected chi connectivity index (χ4v) is 7.06. The number of methoxy groups -OCH3 is 1. The number of Topliss-reactive ketones (excluding diaryl/α,β-unsaturated/α-hetero) is 1. The van der Waals surface area contributed by atoms with Gasteiger partial charge in [0.05, 0.1) is 25.4 Å². The Morgan fingerprint density at radius 2 is 2.08 bits per heavy atom. The monoisotopic (exact) mass is 570 g/mol. The maximum atomic E-state index is 13.6. The van der Waals surface area contributed by atoms with Gasteiger partial charge in [-0.05, 0) is 42.7 Å². The highest BCUT2D eigenvalue weighted by Crippen LogP contribution is 2.33. The number of nitrogens with one attached hydrogen (secondary N) is 1. The van der Waals surface area contributed by atoms with E-state index in [9.17, 15) is 22.8 Å². The number of hydrogen-bond donors (Lipinski definition) is 1. The van der Waals surface area contributed by atoms with Gasteiger partial charge in [0.1, 0.15) is 23.4 Å². The molecule has 2 aromatic heterocycles. The van der Waals surface area contributed by atoms with Crippen molar-refractivity contribution in [2.75, 3.05) is 20.2 Å². The Morgan fingerprint density at radius 1 is 1.25 bits per heavy atom. The van der Waals surface area contributed by atoms with E-state index in [1.54, 1.807) is 36.5 Å². The first-order chi connectivity index (χ1) is 19.2.